The molecule has 0 radical (unpaired) electrons. The van der Waals surface area contributed by atoms with Crippen LogP contribution in [0, 0.1) is 0 Å². The molecule has 0 spiro atoms. The third-order valence-electron chi connectivity index (χ3n) is 2.05. The van der Waals surface area contributed by atoms with E-state index in [1.165, 1.54) is 0 Å². The number of aromatic hydroxyl groups is 1. The van der Waals surface area contributed by atoms with Crippen LogP contribution in [0.15, 0.2) is 35.7 Å². The highest BCUT2D eigenvalue weighted by Gasteiger charge is 2.15. The lowest BCUT2D eigenvalue weighted by atomic mass is 10.1. The van der Waals surface area contributed by atoms with Gasteiger partial charge in [-0.05, 0) is 17.5 Å². The Kier molecular flexibility index (Phi) is 2.43. The van der Waals surface area contributed by atoms with Crippen molar-refractivity contribution in [3.8, 4) is 16.9 Å². The number of aromatic carboxylic acids is 1. The number of benzene rings is 1. The molecule has 3 nitrogen and oxygen atoms in total. The van der Waals surface area contributed by atoms with Crippen LogP contribution in [0.4, 0.5) is 0 Å². The van der Waals surface area contributed by atoms with Gasteiger partial charge in [-0.1, -0.05) is 18.2 Å². The van der Waals surface area contributed by atoms with Crippen molar-refractivity contribution in [1.29, 1.82) is 0 Å². The molecule has 0 aliphatic rings. The van der Waals surface area contributed by atoms with Gasteiger partial charge in [0, 0.05) is 11.1 Å². The zero-order valence-electron chi connectivity index (χ0n) is 7.68. The minimum atomic E-state index is -0.969. The normalized spacial score (nSPS) is 10.1. The second kappa shape index (κ2) is 3.74. The van der Waals surface area contributed by atoms with Gasteiger partial charge >= 0.3 is 5.97 Å². The van der Waals surface area contributed by atoms with E-state index in [1.807, 2.05) is 0 Å². The van der Waals surface area contributed by atoms with Crippen LogP contribution >= 0.6 is 11.3 Å². The second-order valence-corrected chi connectivity index (χ2v) is 3.90. The van der Waals surface area contributed by atoms with E-state index in [0.29, 0.717) is 11.1 Å². The van der Waals surface area contributed by atoms with Crippen molar-refractivity contribution in [1.82, 2.24) is 0 Å². The Morgan fingerprint density at radius 1 is 1.13 bits per heavy atom. The lowest BCUT2D eigenvalue weighted by Crippen LogP contribution is -1.94. The van der Waals surface area contributed by atoms with Crippen molar-refractivity contribution in [2.45, 2.75) is 0 Å². The van der Waals surface area contributed by atoms with Gasteiger partial charge in [-0.3, -0.25) is 0 Å². The Labute approximate surface area is 90.2 Å². The van der Waals surface area contributed by atoms with E-state index in [4.69, 9.17) is 5.11 Å². The van der Waals surface area contributed by atoms with Gasteiger partial charge in [0.1, 0.15) is 10.6 Å². The molecule has 2 rings (SSSR count). The van der Waals surface area contributed by atoms with E-state index in [9.17, 15) is 9.90 Å². The average Bonchev–Trinajstić information content (AvgIpc) is 2.67. The van der Waals surface area contributed by atoms with E-state index in [0.717, 1.165) is 11.3 Å². The number of hydrogen-bond donors (Lipinski definition) is 2. The molecule has 0 bridgehead atoms. The van der Waals surface area contributed by atoms with Gasteiger partial charge in [0.05, 0.1) is 0 Å². The van der Waals surface area contributed by atoms with E-state index in [1.54, 1.807) is 35.7 Å². The summed E-state index contributed by atoms with van der Waals surface area (Å²) in [6, 6.07) is 8.40. The van der Waals surface area contributed by atoms with Gasteiger partial charge in [0.15, 0.2) is 0 Å². The first-order valence-corrected chi connectivity index (χ1v) is 5.17. The Balaban J connectivity index is 2.59. The maximum absolute atomic E-state index is 10.9. The summed E-state index contributed by atoms with van der Waals surface area (Å²) in [5.74, 6) is -0.873. The molecule has 4 heteroatoms. The maximum Gasteiger partial charge on any atom is 0.346 e. The largest absolute Gasteiger partial charge is 0.507 e. The van der Waals surface area contributed by atoms with Crippen LogP contribution in [0.5, 0.6) is 5.75 Å². The molecule has 1 heterocycles. The van der Waals surface area contributed by atoms with Crippen molar-refractivity contribution >= 4 is 17.3 Å². The Hall–Kier alpha value is -1.81. The van der Waals surface area contributed by atoms with Gasteiger partial charge in [0.2, 0.25) is 0 Å². The maximum atomic E-state index is 10.9. The molecule has 2 aromatic rings. The minimum Gasteiger partial charge on any atom is -0.507 e. The Morgan fingerprint density at radius 2 is 1.87 bits per heavy atom. The molecular formula is C11H8O3S. The summed E-state index contributed by atoms with van der Waals surface area (Å²) in [5, 5.41) is 20.2. The first kappa shape index (κ1) is 9.73. The highest BCUT2D eigenvalue weighted by Crippen LogP contribution is 2.33. The summed E-state index contributed by atoms with van der Waals surface area (Å²) < 4.78 is 0. The number of carboxylic acids is 1. The van der Waals surface area contributed by atoms with Crippen molar-refractivity contribution in [2.75, 3.05) is 0 Å². The Bertz CT molecular complexity index is 502. The molecule has 1 aromatic carbocycles. The van der Waals surface area contributed by atoms with Gasteiger partial charge in [-0.25, -0.2) is 4.79 Å². The summed E-state index contributed by atoms with van der Waals surface area (Å²) >= 11 is 1.15. The number of rotatable bonds is 2. The SMILES string of the molecule is O=C(O)c1sccc1-c1ccccc1O. The van der Waals surface area contributed by atoms with Crippen molar-refractivity contribution in [3.63, 3.8) is 0 Å². The van der Waals surface area contributed by atoms with Crippen molar-refractivity contribution in [3.05, 3.63) is 40.6 Å². The number of carboxylic acid groups (broad SMARTS) is 1. The van der Waals surface area contributed by atoms with E-state index in [-0.39, 0.29) is 10.6 Å². The number of phenols is 1. The lowest BCUT2D eigenvalue weighted by molar-refractivity contribution is 0.0703. The van der Waals surface area contributed by atoms with E-state index >= 15 is 0 Å². The molecule has 2 N–H and O–H groups in total. The number of phenolic OH excluding ortho intramolecular Hbond substituents is 1. The quantitative estimate of drug-likeness (QED) is 0.818. The first-order chi connectivity index (χ1) is 7.20. The van der Waals surface area contributed by atoms with Crippen LogP contribution in [0.25, 0.3) is 11.1 Å². The molecule has 76 valence electrons. The third-order valence-corrected chi connectivity index (χ3v) is 2.96. The van der Waals surface area contributed by atoms with Crippen LogP contribution < -0.4 is 0 Å². The second-order valence-electron chi connectivity index (χ2n) is 2.99. The number of thiophene rings is 1. The minimum absolute atomic E-state index is 0.0957. The fourth-order valence-corrected chi connectivity index (χ4v) is 2.13. The Morgan fingerprint density at radius 3 is 2.53 bits per heavy atom. The first-order valence-electron chi connectivity index (χ1n) is 4.29. The molecule has 0 saturated carbocycles. The molecule has 0 amide bonds. The van der Waals surface area contributed by atoms with Crippen LogP contribution in [-0.2, 0) is 0 Å². The summed E-state index contributed by atoms with van der Waals surface area (Å²) in [5.41, 5.74) is 1.11. The molecule has 1 aromatic heterocycles. The summed E-state index contributed by atoms with van der Waals surface area (Å²) in [6.07, 6.45) is 0. The van der Waals surface area contributed by atoms with Gasteiger partial charge in [-0.2, -0.15) is 0 Å². The number of para-hydroxylation sites is 1. The molecular weight excluding hydrogens is 212 g/mol. The lowest BCUT2D eigenvalue weighted by Gasteiger charge is -2.02. The zero-order chi connectivity index (χ0) is 10.8. The van der Waals surface area contributed by atoms with Gasteiger partial charge in [-0.15, -0.1) is 11.3 Å². The summed E-state index contributed by atoms with van der Waals surface area (Å²) in [6.45, 7) is 0. The van der Waals surface area contributed by atoms with Gasteiger partial charge < -0.3 is 10.2 Å². The third kappa shape index (κ3) is 1.71. The van der Waals surface area contributed by atoms with Crippen molar-refractivity contribution in [2.24, 2.45) is 0 Å². The topological polar surface area (TPSA) is 57.5 Å². The highest BCUT2D eigenvalue weighted by molar-refractivity contribution is 7.12. The van der Waals surface area contributed by atoms with Crippen LogP contribution in [0.2, 0.25) is 0 Å². The van der Waals surface area contributed by atoms with Crippen LogP contribution in [-0.4, -0.2) is 16.2 Å². The predicted molar refractivity (Wildman–Crippen MR) is 58.4 cm³/mol. The molecule has 0 aliphatic carbocycles. The van der Waals surface area contributed by atoms with Crippen LogP contribution in [0.3, 0.4) is 0 Å². The fraction of sp³-hybridized carbons (Fsp3) is 0. The fourth-order valence-electron chi connectivity index (χ4n) is 1.39. The molecule has 0 saturated heterocycles. The number of hydrogen-bond acceptors (Lipinski definition) is 3. The predicted octanol–water partition coefficient (Wildman–Crippen LogP) is 2.82. The molecule has 0 unspecified atom stereocenters. The molecule has 0 atom stereocenters. The molecule has 0 aliphatic heterocycles. The standard InChI is InChI=1S/C11H8O3S/c12-9-4-2-1-3-7(9)8-5-6-15-10(8)11(13)14/h1-6,12H,(H,13,14). The molecule has 15 heavy (non-hydrogen) atoms. The summed E-state index contributed by atoms with van der Waals surface area (Å²) in [7, 11) is 0. The van der Waals surface area contributed by atoms with E-state index in [2.05, 4.69) is 0 Å². The van der Waals surface area contributed by atoms with Gasteiger partial charge in [0.25, 0.3) is 0 Å². The number of carbonyl (C=O) groups is 1. The molecule has 0 fully saturated rings. The highest BCUT2D eigenvalue weighted by atomic mass is 32.1. The average molecular weight is 220 g/mol. The zero-order valence-corrected chi connectivity index (χ0v) is 8.49. The monoisotopic (exact) mass is 220 g/mol. The summed E-state index contributed by atoms with van der Waals surface area (Å²) in [4.78, 5) is 11.1. The smallest absolute Gasteiger partial charge is 0.346 e. The van der Waals surface area contributed by atoms with Crippen LogP contribution in [0.1, 0.15) is 9.67 Å². The van der Waals surface area contributed by atoms with Crippen molar-refractivity contribution < 1.29 is 15.0 Å². The van der Waals surface area contributed by atoms with E-state index < -0.39 is 5.97 Å².